The number of rotatable bonds is 3. The van der Waals surface area contributed by atoms with Gasteiger partial charge >= 0.3 is 0 Å². The first kappa shape index (κ1) is 13.7. The fraction of sp³-hybridized carbons (Fsp3) is 0.571. The van der Waals surface area contributed by atoms with Crippen molar-refractivity contribution < 1.29 is 9.59 Å². The third-order valence-electron chi connectivity index (χ3n) is 3.83. The van der Waals surface area contributed by atoms with Crippen molar-refractivity contribution >= 4 is 27.7 Å². The van der Waals surface area contributed by atoms with Gasteiger partial charge in [0.25, 0.3) is 5.91 Å². The number of nitrogens with one attached hydrogen (secondary N) is 2. The van der Waals surface area contributed by atoms with Gasteiger partial charge in [0.1, 0.15) is 11.7 Å². The number of hydrogen-bond acceptors (Lipinski definition) is 2. The number of carbonyl (C=O) groups is 2. The van der Waals surface area contributed by atoms with Crippen molar-refractivity contribution in [3.8, 4) is 0 Å². The van der Waals surface area contributed by atoms with Crippen LogP contribution in [0.3, 0.4) is 0 Å². The molecule has 1 saturated heterocycles. The Morgan fingerprint density at radius 2 is 2.15 bits per heavy atom. The first-order valence-corrected chi connectivity index (χ1v) is 7.90. The fourth-order valence-corrected chi connectivity index (χ4v) is 3.03. The maximum absolute atomic E-state index is 12.4. The minimum atomic E-state index is -0.411. The molecule has 1 saturated carbocycles. The Hall–Kier alpha value is -1.30. The third-order valence-corrected chi connectivity index (χ3v) is 4.26. The Kier molecular flexibility index (Phi) is 3.83. The molecular weight excluding hydrogens is 322 g/mol. The van der Waals surface area contributed by atoms with Gasteiger partial charge in [-0.2, -0.15) is 0 Å². The summed E-state index contributed by atoms with van der Waals surface area (Å²) in [5, 5.41) is 5.71. The second-order valence-electron chi connectivity index (χ2n) is 5.49. The summed E-state index contributed by atoms with van der Waals surface area (Å²) in [5.74, 6) is -0.232. The van der Waals surface area contributed by atoms with Crippen LogP contribution >= 0.6 is 15.9 Å². The predicted molar refractivity (Wildman–Crippen MR) is 78.5 cm³/mol. The summed E-state index contributed by atoms with van der Waals surface area (Å²) in [6.07, 6.45) is 6.82. The normalized spacial score (nSPS) is 23.1. The number of carbonyl (C=O) groups excluding carboxylic acids is 2. The molecule has 1 unspecified atom stereocenters. The van der Waals surface area contributed by atoms with Crippen molar-refractivity contribution in [2.45, 2.75) is 44.2 Å². The molecule has 2 aliphatic rings. The van der Waals surface area contributed by atoms with Crippen LogP contribution in [0.2, 0.25) is 0 Å². The van der Waals surface area contributed by atoms with E-state index in [9.17, 15) is 9.59 Å². The fourth-order valence-electron chi connectivity index (χ4n) is 2.59. The lowest BCUT2D eigenvalue weighted by molar-refractivity contribution is -0.122. The van der Waals surface area contributed by atoms with Crippen LogP contribution in [0.25, 0.3) is 0 Å². The quantitative estimate of drug-likeness (QED) is 0.884. The molecule has 6 heteroatoms. The number of nitrogens with zero attached hydrogens (tertiary/aromatic N) is 1. The summed E-state index contributed by atoms with van der Waals surface area (Å²) in [5.41, 5.74) is 0.636. The molecule has 2 N–H and O–H groups in total. The maximum Gasteiger partial charge on any atom is 0.268 e. The van der Waals surface area contributed by atoms with Crippen LogP contribution in [-0.4, -0.2) is 29.0 Å². The molecule has 20 heavy (non-hydrogen) atoms. The van der Waals surface area contributed by atoms with Crippen molar-refractivity contribution in [1.82, 2.24) is 15.2 Å². The van der Waals surface area contributed by atoms with E-state index < -0.39 is 6.04 Å². The van der Waals surface area contributed by atoms with E-state index in [1.807, 2.05) is 16.8 Å². The van der Waals surface area contributed by atoms with E-state index in [-0.39, 0.29) is 11.8 Å². The Morgan fingerprint density at radius 3 is 2.90 bits per heavy atom. The van der Waals surface area contributed by atoms with Crippen LogP contribution in [0.4, 0.5) is 0 Å². The van der Waals surface area contributed by atoms with E-state index in [1.165, 1.54) is 0 Å². The van der Waals surface area contributed by atoms with Crippen LogP contribution in [-0.2, 0) is 4.79 Å². The van der Waals surface area contributed by atoms with Gasteiger partial charge in [-0.3, -0.25) is 9.59 Å². The minimum Gasteiger partial charge on any atom is -0.354 e. The maximum atomic E-state index is 12.4. The average Bonchev–Trinajstić information content (AvgIpc) is 3.20. The Balaban J connectivity index is 1.73. The van der Waals surface area contributed by atoms with Gasteiger partial charge in [0.05, 0.1) is 0 Å². The molecule has 1 aromatic heterocycles. The zero-order valence-electron chi connectivity index (χ0n) is 11.2. The van der Waals surface area contributed by atoms with Gasteiger partial charge in [-0.15, -0.1) is 0 Å². The zero-order valence-corrected chi connectivity index (χ0v) is 12.8. The Labute approximate surface area is 126 Å². The van der Waals surface area contributed by atoms with Gasteiger partial charge in [-0.1, -0.05) is 0 Å². The molecule has 2 heterocycles. The Morgan fingerprint density at radius 1 is 1.35 bits per heavy atom. The molecule has 0 radical (unpaired) electrons. The molecular formula is C14H18BrN3O2. The molecule has 5 nitrogen and oxygen atoms in total. The van der Waals surface area contributed by atoms with Crippen LogP contribution in [0.1, 0.15) is 48.6 Å². The largest absolute Gasteiger partial charge is 0.354 e. The van der Waals surface area contributed by atoms with Crippen molar-refractivity contribution in [3.63, 3.8) is 0 Å². The summed E-state index contributed by atoms with van der Waals surface area (Å²) in [4.78, 5) is 24.3. The lowest BCUT2D eigenvalue weighted by Gasteiger charge is -2.16. The van der Waals surface area contributed by atoms with E-state index in [0.29, 0.717) is 24.7 Å². The molecule has 1 aromatic rings. The number of hydrogen-bond donors (Lipinski definition) is 2. The van der Waals surface area contributed by atoms with Gasteiger partial charge < -0.3 is 15.2 Å². The molecule has 2 fully saturated rings. The van der Waals surface area contributed by atoms with Crippen LogP contribution in [0.5, 0.6) is 0 Å². The van der Waals surface area contributed by atoms with Gasteiger partial charge in [0.15, 0.2) is 0 Å². The van der Waals surface area contributed by atoms with Crippen molar-refractivity contribution in [1.29, 1.82) is 0 Å². The predicted octanol–water partition coefficient (Wildman–Crippen LogP) is 1.98. The minimum absolute atomic E-state index is 0.0700. The molecule has 0 aromatic carbocycles. The molecule has 3 rings (SSSR count). The van der Waals surface area contributed by atoms with E-state index in [4.69, 9.17) is 0 Å². The lowest BCUT2D eigenvalue weighted by atomic mass is 10.1. The number of amides is 2. The topological polar surface area (TPSA) is 63.1 Å². The summed E-state index contributed by atoms with van der Waals surface area (Å²) < 4.78 is 2.91. The molecule has 108 valence electrons. The molecule has 1 aliphatic carbocycles. The Bertz CT molecular complexity index is 537. The highest BCUT2D eigenvalue weighted by molar-refractivity contribution is 9.10. The molecule has 0 spiro atoms. The number of aromatic nitrogens is 1. The standard InChI is InChI=1S/C14H18BrN3O2/c15-9-7-12(18(8-9)10-4-5-10)14(20)17-11-3-1-2-6-16-13(11)19/h7-8,10-11H,1-6H2,(H,16,19)(H,17,20). The van der Waals surface area contributed by atoms with Crippen LogP contribution < -0.4 is 10.6 Å². The van der Waals surface area contributed by atoms with E-state index in [1.54, 1.807) is 0 Å². The summed E-state index contributed by atoms with van der Waals surface area (Å²) in [6, 6.07) is 1.85. The van der Waals surface area contributed by atoms with Crippen molar-refractivity contribution in [2.24, 2.45) is 0 Å². The molecule has 0 bridgehead atoms. The van der Waals surface area contributed by atoms with E-state index >= 15 is 0 Å². The third kappa shape index (κ3) is 2.90. The SMILES string of the molecule is O=C(NC1CCCCNC1=O)c1cc(Br)cn1C1CC1. The highest BCUT2D eigenvalue weighted by Crippen LogP contribution is 2.37. The zero-order chi connectivity index (χ0) is 14.1. The van der Waals surface area contributed by atoms with Gasteiger partial charge in [0.2, 0.25) is 5.91 Å². The van der Waals surface area contributed by atoms with Gasteiger partial charge in [-0.25, -0.2) is 0 Å². The monoisotopic (exact) mass is 339 g/mol. The average molecular weight is 340 g/mol. The summed E-state index contributed by atoms with van der Waals surface area (Å²) in [7, 11) is 0. The molecule has 2 amide bonds. The van der Waals surface area contributed by atoms with Crippen molar-refractivity contribution in [2.75, 3.05) is 6.54 Å². The van der Waals surface area contributed by atoms with Crippen LogP contribution in [0, 0.1) is 0 Å². The molecule has 1 atom stereocenters. The second-order valence-corrected chi connectivity index (χ2v) is 6.41. The second kappa shape index (κ2) is 5.60. The van der Waals surface area contributed by atoms with Crippen molar-refractivity contribution in [3.05, 3.63) is 22.4 Å². The highest BCUT2D eigenvalue weighted by atomic mass is 79.9. The van der Waals surface area contributed by atoms with E-state index in [0.717, 1.165) is 30.2 Å². The van der Waals surface area contributed by atoms with Crippen LogP contribution in [0.15, 0.2) is 16.7 Å². The summed E-state index contributed by atoms with van der Waals surface area (Å²) in [6.45, 7) is 0.704. The molecule has 1 aliphatic heterocycles. The van der Waals surface area contributed by atoms with Gasteiger partial charge in [-0.05, 0) is 54.1 Å². The van der Waals surface area contributed by atoms with E-state index in [2.05, 4.69) is 26.6 Å². The van der Waals surface area contributed by atoms with Gasteiger partial charge in [0, 0.05) is 23.3 Å². The summed E-state index contributed by atoms with van der Waals surface area (Å²) >= 11 is 3.42. The first-order valence-electron chi connectivity index (χ1n) is 7.11. The highest BCUT2D eigenvalue weighted by Gasteiger charge is 2.29. The first-order chi connectivity index (χ1) is 9.65. The smallest absolute Gasteiger partial charge is 0.268 e. The lowest BCUT2D eigenvalue weighted by Crippen LogP contribution is -2.45. The number of halogens is 1.